The van der Waals surface area contributed by atoms with Gasteiger partial charge in [-0.25, -0.2) is 0 Å². The van der Waals surface area contributed by atoms with Crippen molar-refractivity contribution in [3.8, 4) is 0 Å². The van der Waals surface area contributed by atoms with Crippen molar-refractivity contribution in [2.24, 2.45) is 18.8 Å². The second kappa shape index (κ2) is 7.09. The van der Waals surface area contributed by atoms with Gasteiger partial charge in [0.1, 0.15) is 5.15 Å². The van der Waals surface area contributed by atoms with Gasteiger partial charge in [-0.15, -0.1) is 0 Å². The zero-order chi connectivity index (χ0) is 13.7. The Balaban J connectivity index is 2.68. The van der Waals surface area contributed by atoms with E-state index in [1.165, 1.54) is 0 Å². The van der Waals surface area contributed by atoms with Crippen LogP contribution < -0.4 is 11.3 Å². The predicted molar refractivity (Wildman–Crippen MR) is 73.4 cm³/mol. The SMILES string of the molecule is COCC(C)CC(Cc1c(C)nn(C)c1Cl)NN. The van der Waals surface area contributed by atoms with Crippen molar-refractivity contribution in [2.45, 2.75) is 32.7 Å². The maximum absolute atomic E-state index is 6.22. The van der Waals surface area contributed by atoms with Gasteiger partial charge in [0.05, 0.1) is 5.69 Å². The number of nitrogens with zero attached hydrogens (tertiary/aromatic N) is 2. The van der Waals surface area contributed by atoms with Crippen molar-refractivity contribution in [3.63, 3.8) is 0 Å². The number of nitrogens with one attached hydrogen (secondary N) is 1. The molecule has 0 aliphatic heterocycles. The monoisotopic (exact) mass is 274 g/mol. The molecule has 0 fully saturated rings. The first-order valence-corrected chi connectivity index (χ1v) is 6.50. The van der Waals surface area contributed by atoms with E-state index in [4.69, 9.17) is 22.2 Å². The molecule has 0 saturated heterocycles. The summed E-state index contributed by atoms with van der Waals surface area (Å²) in [4.78, 5) is 0. The number of ether oxygens (including phenoxy) is 1. The molecule has 0 bridgehead atoms. The third-order valence-corrected chi connectivity index (χ3v) is 3.57. The average molecular weight is 275 g/mol. The van der Waals surface area contributed by atoms with Crippen molar-refractivity contribution in [1.82, 2.24) is 15.2 Å². The summed E-state index contributed by atoms with van der Waals surface area (Å²) in [6.07, 6.45) is 1.72. The van der Waals surface area contributed by atoms with E-state index in [-0.39, 0.29) is 6.04 Å². The zero-order valence-electron chi connectivity index (χ0n) is 11.5. The van der Waals surface area contributed by atoms with Crippen LogP contribution in [-0.4, -0.2) is 29.5 Å². The first-order valence-electron chi connectivity index (χ1n) is 6.12. The summed E-state index contributed by atoms with van der Waals surface area (Å²) >= 11 is 6.22. The first kappa shape index (κ1) is 15.4. The van der Waals surface area contributed by atoms with E-state index >= 15 is 0 Å². The highest BCUT2D eigenvalue weighted by Gasteiger charge is 2.18. The largest absolute Gasteiger partial charge is 0.384 e. The van der Waals surface area contributed by atoms with Gasteiger partial charge >= 0.3 is 0 Å². The summed E-state index contributed by atoms with van der Waals surface area (Å²) in [7, 11) is 3.56. The van der Waals surface area contributed by atoms with Crippen molar-refractivity contribution < 1.29 is 4.74 Å². The molecule has 0 saturated carbocycles. The molecule has 0 spiro atoms. The number of aromatic nitrogens is 2. The molecule has 104 valence electrons. The van der Waals surface area contributed by atoms with Crippen molar-refractivity contribution in [1.29, 1.82) is 0 Å². The molecule has 2 unspecified atom stereocenters. The number of methoxy groups -OCH3 is 1. The van der Waals surface area contributed by atoms with Gasteiger partial charge in [0.25, 0.3) is 0 Å². The molecule has 1 aromatic rings. The second-order valence-corrected chi connectivity index (χ2v) is 5.20. The lowest BCUT2D eigenvalue weighted by Gasteiger charge is -2.19. The Bertz CT molecular complexity index is 380. The molecule has 2 atom stereocenters. The van der Waals surface area contributed by atoms with Crippen LogP contribution in [0.25, 0.3) is 0 Å². The zero-order valence-corrected chi connectivity index (χ0v) is 12.3. The molecule has 5 nitrogen and oxygen atoms in total. The van der Waals surface area contributed by atoms with Gasteiger partial charge in [-0.2, -0.15) is 5.10 Å². The quantitative estimate of drug-likeness (QED) is 0.583. The van der Waals surface area contributed by atoms with E-state index in [0.29, 0.717) is 11.1 Å². The molecular weight excluding hydrogens is 252 g/mol. The topological polar surface area (TPSA) is 65.1 Å². The molecule has 0 aliphatic carbocycles. The molecule has 1 rings (SSSR count). The predicted octanol–water partition coefficient (Wildman–Crippen LogP) is 1.43. The molecule has 18 heavy (non-hydrogen) atoms. The van der Waals surface area contributed by atoms with Gasteiger partial charge in [0.2, 0.25) is 0 Å². The van der Waals surface area contributed by atoms with E-state index in [0.717, 1.165) is 30.7 Å². The summed E-state index contributed by atoms with van der Waals surface area (Å²) in [5.41, 5.74) is 4.87. The summed E-state index contributed by atoms with van der Waals surface area (Å²) < 4.78 is 6.83. The number of hydrazine groups is 1. The van der Waals surface area contributed by atoms with E-state index < -0.39 is 0 Å². The normalized spacial score (nSPS) is 14.8. The smallest absolute Gasteiger partial charge is 0.130 e. The lowest BCUT2D eigenvalue weighted by molar-refractivity contribution is 0.149. The Morgan fingerprint density at radius 3 is 2.67 bits per heavy atom. The molecule has 1 aromatic heterocycles. The lowest BCUT2D eigenvalue weighted by Crippen LogP contribution is -2.38. The van der Waals surface area contributed by atoms with Crippen LogP contribution in [0.3, 0.4) is 0 Å². The maximum Gasteiger partial charge on any atom is 0.130 e. The van der Waals surface area contributed by atoms with Gasteiger partial charge in [0.15, 0.2) is 0 Å². The number of hydrogen-bond acceptors (Lipinski definition) is 4. The van der Waals surface area contributed by atoms with Crippen LogP contribution in [0.1, 0.15) is 24.6 Å². The van der Waals surface area contributed by atoms with Crippen LogP contribution in [-0.2, 0) is 18.2 Å². The van der Waals surface area contributed by atoms with Crippen molar-refractivity contribution in [3.05, 3.63) is 16.4 Å². The van der Waals surface area contributed by atoms with Gasteiger partial charge in [-0.3, -0.25) is 16.0 Å². The Kier molecular flexibility index (Phi) is 6.08. The van der Waals surface area contributed by atoms with Crippen LogP contribution in [0.2, 0.25) is 5.15 Å². The molecule has 0 aromatic carbocycles. The average Bonchev–Trinajstić information content (AvgIpc) is 2.55. The second-order valence-electron chi connectivity index (χ2n) is 4.84. The Morgan fingerprint density at radius 2 is 2.22 bits per heavy atom. The maximum atomic E-state index is 6.22. The van der Waals surface area contributed by atoms with Gasteiger partial charge in [0, 0.05) is 32.4 Å². The van der Waals surface area contributed by atoms with Crippen LogP contribution in [0.5, 0.6) is 0 Å². The third kappa shape index (κ3) is 3.95. The minimum absolute atomic E-state index is 0.176. The molecule has 1 heterocycles. The van der Waals surface area contributed by atoms with E-state index in [2.05, 4.69) is 17.4 Å². The number of halogens is 1. The summed E-state index contributed by atoms with van der Waals surface area (Å²) in [5, 5.41) is 4.99. The minimum atomic E-state index is 0.176. The Hall–Kier alpha value is -0.620. The molecule has 3 N–H and O–H groups in total. The van der Waals surface area contributed by atoms with Crippen molar-refractivity contribution >= 4 is 11.6 Å². The fraction of sp³-hybridized carbons (Fsp3) is 0.750. The first-order chi connectivity index (χ1) is 8.49. The van der Waals surface area contributed by atoms with Gasteiger partial charge in [-0.1, -0.05) is 18.5 Å². The van der Waals surface area contributed by atoms with Crippen LogP contribution in [0.4, 0.5) is 0 Å². The van der Waals surface area contributed by atoms with Gasteiger partial charge < -0.3 is 4.74 Å². The lowest BCUT2D eigenvalue weighted by atomic mass is 9.97. The highest BCUT2D eigenvalue weighted by molar-refractivity contribution is 6.30. The molecule has 6 heteroatoms. The third-order valence-electron chi connectivity index (χ3n) is 3.09. The number of hydrogen-bond donors (Lipinski definition) is 2. The molecule has 0 aliphatic rings. The number of nitrogens with two attached hydrogens (primary N) is 1. The summed E-state index contributed by atoms with van der Waals surface area (Å²) in [6.45, 7) is 4.84. The molecular formula is C12H23ClN4O. The van der Waals surface area contributed by atoms with E-state index in [9.17, 15) is 0 Å². The fourth-order valence-corrected chi connectivity index (χ4v) is 2.45. The summed E-state index contributed by atoms with van der Waals surface area (Å²) in [5.74, 6) is 6.06. The van der Waals surface area contributed by atoms with Crippen molar-refractivity contribution in [2.75, 3.05) is 13.7 Å². The summed E-state index contributed by atoms with van der Waals surface area (Å²) in [6, 6.07) is 0.176. The van der Waals surface area contributed by atoms with Crippen LogP contribution in [0, 0.1) is 12.8 Å². The Labute approximate surface area is 114 Å². The Morgan fingerprint density at radius 1 is 1.56 bits per heavy atom. The highest BCUT2D eigenvalue weighted by atomic mass is 35.5. The highest BCUT2D eigenvalue weighted by Crippen LogP contribution is 2.21. The fourth-order valence-electron chi connectivity index (χ4n) is 2.20. The number of aryl methyl sites for hydroxylation is 2. The van der Waals surface area contributed by atoms with E-state index in [1.807, 2.05) is 14.0 Å². The van der Waals surface area contributed by atoms with Crippen LogP contribution >= 0.6 is 11.6 Å². The molecule has 0 radical (unpaired) electrons. The standard InChI is InChI=1S/C12H23ClN4O/c1-8(7-18-4)5-10(15-14)6-11-9(2)16-17(3)12(11)13/h8,10,15H,5-7,14H2,1-4H3. The minimum Gasteiger partial charge on any atom is -0.384 e. The molecule has 0 amide bonds. The van der Waals surface area contributed by atoms with Gasteiger partial charge in [-0.05, 0) is 25.7 Å². The van der Waals surface area contributed by atoms with E-state index in [1.54, 1.807) is 11.8 Å². The van der Waals surface area contributed by atoms with Crippen LogP contribution in [0.15, 0.2) is 0 Å². The number of rotatable bonds is 7.